The van der Waals surface area contributed by atoms with Crippen molar-refractivity contribution in [3.05, 3.63) is 16.7 Å². The SMILES string of the molecule is CC(C)(C)OC1C[C@H](n2cnc3c(=O)[nH]c(N)nc32)O[C@@H]1C1(C(C)(C)C)CC1. The Kier molecular flexibility index (Phi) is 4.18. The normalized spacial score (nSPS) is 27.4. The van der Waals surface area contributed by atoms with Crippen LogP contribution in [0.1, 0.15) is 67.0 Å². The van der Waals surface area contributed by atoms with Crippen molar-refractivity contribution in [1.82, 2.24) is 19.5 Å². The summed E-state index contributed by atoms with van der Waals surface area (Å²) >= 11 is 0. The molecule has 8 nitrogen and oxygen atoms in total. The van der Waals surface area contributed by atoms with Crippen LogP contribution in [0.25, 0.3) is 11.2 Å². The van der Waals surface area contributed by atoms with Gasteiger partial charge in [-0.2, -0.15) is 4.98 Å². The highest BCUT2D eigenvalue weighted by atomic mass is 16.6. The predicted molar refractivity (Wildman–Crippen MR) is 107 cm³/mol. The number of fused-ring (bicyclic) bond motifs is 1. The summed E-state index contributed by atoms with van der Waals surface area (Å²) in [7, 11) is 0. The molecule has 4 rings (SSSR count). The fraction of sp³-hybridized carbons (Fsp3) is 0.750. The molecule has 1 aliphatic carbocycles. The van der Waals surface area contributed by atoms with Gasteiger partial charge in [0.15, 0.2) is 11.2 Å². The van der Waals surface area contributed by atoms with Gasteiger partial charge >= 0.3 is 0 Å². The van der Waals surface area contributed by atoms with Gasteiger partial charge in [-0.3, -0.25) is 14.3 Å². The number of aromatic nitrogens is 4. The second kappa shape index (κ2) is 6.03. The van der Waals surface area contributed by atoms with E-state index in [9.17, 15) is 4.79 Å². The lowest BCUT2D eigenvalue weighted by molar-refractivity contribution is -0.132. The Morgan fingerprint density at radius 3 is 2.54 bits per heavy atom. The van der Waals surface area contributed by atoms with Crippen molar-refractivity contribution in [2.75, 3.05) is 5.73 Å². The molecule has 2 fully saturated rings. The van der Waals surface area contributed by atoms with Crippen LogP contribution in [0.3, 0.4) is 0 Å². The van der Waals surface area contributed by atoms with Crippen molar-refractivity contribution in [2.45, 2.75) is 84.8 Å². The molecule has 2 aliphatic rings. The van der Waals surface area contributed by atoms with Crippen molar-refractivity contribution in [2.24, 2.45) is 10.8 Å². The summed E-state index contributed by atoms with van der Waals surface area (Å²) in [6.45, 7) is 13.0. The number of H-pyrrole nitrogens is 1. The van der Waals surface area contributed by atoms with Gasteiger partial charge in [-0.05, 0) is 39.0 Å². The van der Waals surface area contributed by atoms with E-state index in [1.54, 1.807) is 6.33 Å². The molecular weight excluding hydrogens is 358 g/mol. The van der Waals surface area contributed by atoms with E-state index < -0.39 is 0 Å². The Morgan fingerprint density at radius 1 is 1.29 bits per heavy atom. The number of nitrogens with zero attached hydrogens (tertiary/aromatic N) is 3. The number of imidazole rings is 1. The van der Waals surface area contributed by atoms with E-state index >= 15 is 0 Å². The Hall–Kier alpha value is -1.93. The molecule has 28 heavy (non-hydrogen) atoms. The zero-order chi connectivity index (χ0) is 20.5. The van der Waals surface area contributed by atoms with E-state index in [1.807, 2.05) is 4.57 Å². The number of nitrogens with one attached hydrogen (secondary N) is 1. The maximum atomic E-state index is 12.1. The highest BCUT2D eigenvalue weighted by Gasteiger charge is 2.62. The van der Waals surface area contributed by atoms with Crippen LogP contribution >= 0.6 is 0 Å². The van der Waals surface area contributed by atoms with Crippen molar-refractivity contribution in [3.8, 4) is 0 Å². The maximum Gasteiger partial charge on any atom is 0.280 e. The standard InChI is InChI=1S/C20H31N5O3/c1-18(2,3)20(7-8-20)14-11(28-19(4,5)6)9-12(27-14)25-10-22-13-15(25)23-17(21)24-16(13)26/h10-12,14H,7-9H2,1-6H3,(H3,21,23,24,26)/t11?,12-,14+/m1/s1. The van der Waals surface area contributed by atoms with E-state index in [1.165, 1.54) is 0 Å². The molecule has 0 bridgehead atoms. The molecule has 1 saturated heterocycles. The van der Waals surface area contributed by atoms with Gasteiger partial charge in [0.2, 0.25) is 5.95 Å². The van der Waals surface area contributed by atoms with Crippen molar-refractivity contribution in [3.63, 3.8) is 0 Å². The number of rotatable bonds is 3. The zero-order valence-electron chi connectivity index (χ0n) is 17.6. The summed E-state index contributed by atoms with van der Waals surface area (Å²) in [6, 6.07) is 0. The zero-order valence-corrected chi connectivity index (χ0v) is 17.6. The van der Waals surface area contributed by atoms with Crippen LogP contribution in [0.15, 0.2) is 11.1 Å². The van der Waals surface area contributed by atoms with E-state index in [0.717, 1.165) is 12.8 Å². The van der Waals surface area contributed by atoms with Gasteiger partial charge in [0.1, 0.15) is 6.23 Å². The van der Waals surface area contributed by atoms with Crippen LogP contribution < -0.4 is 11.3 Å². The van der Waals surface area contributed by atoms with Gasteiger partial charge in [-0.1, -0.05) is 20.8 Å². The molecule has 0 amide bonds. The van der Waals surface area contributed by atoms with Crippen LogP contribution in [-0.4, -0.2) is 37.3 Å². The number of hydrogen-bond acceptors (Lipinski definition) is 6. The fourth-order valence-corrected chi connectivity index (χ4v) is 4.61. The first-order valence-electron chi connectivity index (χ1n) is 9.97. The van der Waals surface area contributed by atoms with E-state index in [2.05, 4.69) is 56.5 Å². The highest BCUT2D eigenvalue weighted by Crippen LogP contribution is 2.64. The largest absolute Gasteiger partial charge is 0.370 e. The lowest BCUT2D eigenvalue weighted by Gasteiger charge is -2.39. The highest BCUT2D eigenvalue weighted by molar-refractivity contribution is 5.70. The summed E-state index contributed by atoms with van der Waals surface area (Å²) in [6.07, 6.45) is 4.21. The molecular formula is C20H31N5O3. The fourth-order valence-electron chi connectivity index (χ4n) is 4.61. The summed E-state index contributed by atoms with van der Waals surface area (Å²) < 4.78 is 14.9. The lowest BCUT2D eigenvalue weighted by Crippen LogP contribution is -2.43. The van der Waals surface area contributed by atoms with E-state index in [4.69, 9.17) is 15.2 Å². The third kappa shape index (κ3) is 3.12. The minimum absolute atomic E-state index is 0.0199. The summed E-state index contributed by atoms with van der Waals surface area (Å²) in [5, 5.41) is 0. The monoisotopic (exact) mass is 389 g/mol. The number of nitrogens with two attached hydrogens (primary N) is 1. The molecule has 0 radical (unpaired) electrons. The first-order valence-corrected chi connectivity index (χ1v) is 9.97. The average molecular weight is 390 g/mol. The quantitative estimate of drug-likeness (QED) is 0.835. The molecule has 0 aromatic carbocycles. The third-order valence-electron chi connectivity index (χ3n) is 6.17. The number of nitrogen functional groups attached to an aromatic ring is 1. The molecule has 154 valence electrons. The van der Waals surface area contributed by atoms with Crippen LogP contribution in [0.2, 0.25) is 0 Å². The summed E-state index contributed by atoms with van der Waals surface area (Å²) in [5.74, 6) is 0.0737. The molecule has 1 aliphatic heterocycles. The molecule has 3 heterocycles. The minimum atomic E-state index is -0.341. The maximum absolute atomic E-state index is 12.1. The number of aromatic amines is 1. The molecule has 1 saturated carbocycles. The Bertz CT molecular complexity index is 945. The topological polar surface area (TPSA) is 108 Å². The summed E-state index contributed by atoms with van der Waals surface area (Å²) in [4.78, 5) is 23.1. The first kappa shape index (κ1) is 19.4. The van der Waals surface area contributed by atoms with Gasteiger partial charge in [0, 0.05) is 11.8 Å². The molecule has 1 unspecified atom stereocenters. The molecule has 2 aromatic rings. The van der Waals surface area contributed by atoms with Crippen LogP contribution in [0.4, 0.5) is 5.95 Å². The Balaban J connectivity index is 1.72. The minimum Gasteiger partial charge on any atom is -0.370 e. The Labute approximate surface area is 164 Å². The molecule has 0 spiro atoms. The summed E-state index contributed by atoms with van der Waals surface area (Å²) in [5.41, 5.74) is 6.06. The second-order valence-corrected chi connectivity index (χ2v) is 10.2. The number of hydrogen-bond donors (Lipinski definition) is 2. The van der Waals surface area contributed by atoms with E-state index in [0.29, 0.717) is 12.1 Å². The van der Waals surface area contributed by atoms with Crippen molar-refractivity contribution >= 4 is 17.1 Å². The number of ether oxygens (including phenoxy) is 2. The van der Waals surface area contributed by atoms with Crippen LogP contribution in [0.5, 0.6) is 0 Å². The van der Waals surface area contributed by atoms with Crippen LogP contribution in [-0.2, 0) is 9.47 Å². The molecule has 8 heteroatoms. The van der Waals surface area contributed by atoms with Gasteiger partial charge < -0.3 is 15.2 Å². The number of anilines is 1. The second-order valence-electron chi connectivity index (χ2n) is 10.2. The van der Waals surface area contributed by atoms with Gasteiger partial charge in [-0.15, -0.1) is 0 Å². The molecule has 2 aromatic heterocycles. The molecule has 3 N–H and O–H groups in total. The Morgan fingerprint density at radius 2 is 1.96 bits per heavy atom. The van der Waals surface area contributed by atoms with Gasteiger partial charge in [0.25, 0.3) is 5.56 Å². The average Bonchev–Trinajstić information content (AvgIpc) is 3.09. The molecule has 3 atom stereocenters. The van der Waals surface area contributed by atoms with Crippen molar-refractivity contribution < 1.29 is 9.47 Å². The van der Waals surface area contributed by atoms with E-state index in [-0.39, 0.29) is 51.9 Å². The third-order valence-corrected chi connectivity index (χ3v) is 6.17. The lowest BCUT2D eigenvalue weighted by atomic mass is 9.72. The predicted octanol–water partition coefficient (Wildman–Crippen LogP) is 3.00. The smallest absolute Gasteiger partial charge is 0.280 e. The first-order chi connectivity index (χ1) is 12.9. The van der Waals surface area contributed by atoms with Gasteiger partial charge in [0.05, 0.1) is 24.1 Å². The van der Waals surface area contributed by atoms with Crippen molar-refractivity contribution in [1.29, 1.82) is 0 Å². The van der Waals surface area contributed by atoms with Gasteiger partial charge in [-0.25, -0.2) is 4.98 Å². The van der Waals surface area contributed by atoms with Crippen LogP contribution in [0, 0.1) is 10.8 Å².